The van der Waals surface area contributed by atoms with E-state index in [0.717, 1.165) is 5.56 Å². The van der Waals surface area contributed by atoms with Crippen LogP contribution in [0.2, 0.25) is 5.02 Å². The molecule has 0 radical (unpaired) electrons. The van der Waals surface area contributed by atoms with Crippen LogP contribution in [0, 0.1) is 0 Å². The summed E-state index contributed by atoms with van der Waals surface area (Å²) in [4.78, 5) is 22.1. The Morgan fingerprint density at radius 2 is 1.87 bits per heavy atom. The second-order valence-corrected chi connectivity index (χ2v) is 7.21. The summed E-state index contributed by atoms with van der Waals surface area (Å²) in [6, 6.07) is 16.1. The van der Waals surface area contributed by atoms with Gasteiger partial charge >= 0.3 is 0 Å². The maximum absolute atomic E-state index is 13.2. The topological polar surface area (TPSA) is 73.3 Å². The molecule has 0 unspecified atom stereocenters. The quantitative estimate of drug-likeness (QED) is 0.509. The van der Waals surface area contributed by atoms with Crippen LogP contribution in [-0.4, -0.2) is 29.1 Å². The van der Waals surface area contributed by atoms with Crippen molar-refractivity contribution >= 4 is 34.1 Å². The van der Waals surface area contributed by atoms with Crippen molar-refractivity contribution in [1.29, 1.82) is 0 Å². The van der Waals surface area contributed by atoms with E-state index in [1.807, 2.05) is 12.1 Å². The van der Waals surface area contributed by atoms with Gasteiger partial charge in [0.1, 0.15) is 13.2 Å². The highest BCUT2D eigenvalue weighted by Gasteiger charge is 2.17. The Hall–Kier alpha value is -3.64. The summed E-state index contributed by atoms with van der Waals surface area (Å²) in [6.07, 6.45) is 3.41. The molecule has 2 aromatic heterocycles. The second-order valence-electron chi connectivity index (χ2n) is 6.77. The van der Waals surface area contributed by atoms with Crippen LogP contribution in [0.15, 0.2) is 67.0 Å². The fraction of sp³-hybridized carbons (Fsp3) is 0.0870. The van der Waals surface area contributed by atoms with Crippen molar-refractivity contribution in [2.24, 2.45) is 0 Å². The van der Waals surface area contributed by atoms with Gasteiger partial charge in [-0.05, 0) is 48.5 Å². The van der Waals surface area contributed by atoms with Crippen molar-refractivity contribution in [3.63, 3.8) is 0 Å². The van der Waals surface area contributed by atoms with Crippen LogP contribution in [0.3, 0.4) is 0 Å². The third kappa shape index (κ3) is 3.53. The lowest BCUT2D eigenvalue weighted by molar-refractivity contribution is 0.102. The lowest BCUT2D eigenvalue weighted by Gasteiger charge is -2.19. The first-order valence-electron chi connectivity index (χ1n) is 9.39. The van der Waals surface area contributed by atoms with Crippen LogP contribution in [0.25, 0.3) is 22.2 Å². The van der Waals surface area contributed by atoms with Crippen LogP contribution in [0.5, 0.6) is 11.5 Å². The molecule has 0 atom stereocenters. The Kier molecular flexibility index (Phi) is 4.69. The van der Waals surface area contributed by atoms with Gasteiger partial charge in [0.25, 0.3) is 5.91 Å². The molecule has 148 valence electrons. The number of carbonyl (C=O) groups is 1. The van der Waals surface area contributed by atoms with Crippen molar-refractivity contribution in [3.8, 4) is 22.8 Å². The average Bonchev–Trinajstić information content (AvgIpc) is 2.79. The minimum atomic E-state index is -0.272. The molecular weight excluding hydrogens is 402 g/mol. The van der Waals surface area contributed by atoms with Crippen LogP contribution in [0.4, 0.5) is 5.69 Å². The van der Waals surface area contributed by atoms with Gasteiger partial charge in [-0.2, -0.15) is 0 Å². The molecule has 1 aliphatic rings. The first-order chi connectivity index (χ1) is 14.7. The lowest BCUT2D eigenvalue weighted by Crippen LogP contribution is -2.16. The minimum Gasteiger partial charge on any atom is -0.486 e. The predicted molar refractivity (Wildman–Crippen MR) is 115 cm³/mol. The van der Waals surface area contributed by atoms with Crippen molar-refractivity contribution in [2.45, 2.75) is 0 Å². The molecule has 0 aliphatic carbocycles. The van der Waals surface area contributed by atoms with Crippen LogP contribution in [0.1, 0.15) is 10.4 Å². The molecule has 0 saturated heterocycles. The summed E-state index contributed by atoms with van der Waals surface area (Å²) >= 11 is 6.19. The number of benzene rings is 2. The fourth-order valence-corrected chi connectivity index (χ4v) is 3.54. The molecule has 6 nitrogen and oxygen atoms in total. The number of anilines is 1. The fourth-order valence-electron chi connectivity index (χ4n) is 3.37. The molecule has 7 heteroatoms. The molecule has 0 bridgehead atoms. The number of nitrogens with one attached hydrogen (secondary N) is 1. The first-order valence-corrected chi connectivity index (χ1v) is 9.77. The lowest BCUT2D eigenvalue weighted by atomic mass is 10.0. The number of nitrogens with zero attached hydrogens (tertiary/aromatic N) is 2. The van der Waals surface area contributed by atoms with Crippen LogP contribution in [-0.2, 0) is 0 Å². The molecule has 30 heavy (non-hydrogen) atoms. The van der Waals surface area contributed by atoms with Gasteiger partial charge in [-0.15, -0.1) is 0 Å². The number of fused-ring (bicyclic) bond motifs is 2. The minimum absolute atomic E-state index is 0.272. The van der Waals surface area contributed by atoms with E-state index in [2.05, 4.69) is 15.3 Å². The molecule has 0 fully saturated rings. The van der Waals surface area contributed by atoms with E-state index in [9.17, 15) is 4.79 Å². The van der Waals surface area contributed by atoms with Gasteiger partial charge in [0.2, 0.25) is 0 Å². The van der Waals surface area contributed by atoms with Crippen molar-refractivity contribution in [1.82, 2.24) is 9.97 Å². The normalized spacial score (nSPS) is 12.6. The smallest absolute Gasteiger partial charge is 0.256 e. The molecule has 5 rings (SSSR count). The van der Waals surface area contributed by atoms with Gasteiger partial charge in [-0.1, -0.05) is 11.6 Å². The largest absolute Gasteiger partial charge is 0.486 e. The zero-order valence-corrected chi connectivity index (χ0v) is 16.5. The zero-order valence-electron chi connectivity index (χ0n) is 15.8. The molecule has 1 N–H and O–H groups in total. The van der Waals surface area contributed by atoms with E-state index in [-0.39, 0.29) is 5.91 Å². The number of hydrogen-bond donors (Lipinski definition) is 1. The number of carbonyl (C=O) groups excluding carboxylic acids is 1. The van der Waals surface area contributed by atoms with Crippen molar-refractivity contribution in [2.75, 3.05) is 18.5 Å². The Labute approximate surface area is 177 Å². The Morgan fingerprint density at radius 3 is 2.70 bits per heavy atom. The Balaban J connectivity index is 1.56. The third-order valence-corrected chi connectivity index (χ3v) is 5.01. The number of rotatable bonds is 3. The summed E-state index contributed by atoms with van der Waals surface area (Å²) in [5.41, 5.74) is 3.23. The van der Waals surface area contributed by atoms with E-state index in [1.54, 1.807) is 54.9 Å². The van der Waals surface area contributed by atoms with Crippen LogP contribution < -0.4 is 14.8 Å². The predicted octanol–water partition coefficient (Wildman–Crippen LogP) is 4.97. The van der Waals surface area contributed by atoms with E-state index < -0.39 is 0 Å². The summed E-state index contributed by atoms with van der Waals surface area (Å²) < 4.78 is 11.1. The third-order valence-electron chi connectivity index (χ3n) is 4.77. The van der Waals surface area contributed by atoms with Gasteiger partial charge in [0.15, 0.2) is 11.5 Å². The first kappa shape index (κ1) is 18.4. The van der Waals surface area contributed by atoms with Crippen molar-refractivity contribution < 1.29 is 14.3 Å². The molecule has 2 aromatic carbocycles. The average molecular weight is 418 g/mol. The molecular formula is C23H16ClN3O3. The number of hydrogen-bond acceptors (Lipinski definition) is 5. The highest BCUT2D eigenvalue weighted by atomic mass is 35.5. The molecule has 3 heterocycles. The van der Waals surface area contributed by atoms with Gasteiger partial charge in [0.05, 0.1) is 16.8 Å². The van der Waals surface area contributed by atoms with E-state index in [0.29, 0.717) is 57.6 Å². The van der Waals surface area contributed by atoms with Gasteiger partial charge in [0, 0.05) is 40.1 Å². The van der Waals surface area contributed by atoms with E-state index >= 15 is 0 Å². The van der Waals surface area contributed by atoms with Crippen LogP contribution >= 0.6 is 11.6 Å². The standard InChI is InChI=1S/C23H16ClN3O3/c24-15-3-5-19-17(10-15)18(12-20(27-19)14-2-1-7-25-13-14)23(28)26-16-4-6-21-22(11-16)30-9-8-29-21/h1-7,10-13H,8-9H2,(H,26,28). The number of ether oxygens (including phenoxy) is 2. The number of pyridine rings is 2. The SMILES string of the molecule is O=C(Nc1ccc2c(c1)OCCO2)c1cc(-c2cccnc2)nc2ccc(Cl)cc12. The molecule has 0 saturated carbocycles. The number of amides is 1. The summed E-state index contributed by atoms with van der Waals surface area (Å²) in [5.74, 6) is 1.00. The maximum atomic E-state index is 13.2. The number of aromatic nitrogens is 2. The zero-order chi connectivity index (χ0) is 20.5. The van der Waals surface area contributed by atoms with Gasteiger partial charge < -0.3 is 14.8 Å². The summed E-state index contributed by atoms with van der Waals surface area (Å²) in [5, 5.41) is 4.14. The van der Waals surface area contributed by atoms with Gasteiger partial charge in [-0.3, -0.25) is 9.78 Å². The Bertz CT molecular complexity index is 1260. The highest BCUT2D eigenvalue weighted by Crippen LogP contribution is 2.33. The maximum Gasteiger partial charge on any atom is 0.256 e. The molecule has 0 spiro atoms. The molecule has 1 aliphatic heterocycles. The summed E-state index contributed by atoms with van der Waals surface area (Å²) in [6.45, 7) is 0.992. The summed E-state index contributed by atoms with van der Waals surface area (Å²) in [7, 11) is 0. The van der Waals surface area contributed by atoms with E-state index in [4.69, 9.17) is 21.1 Å². The number of halogens is 1. The van der Waals surface area contributed by atoms with Gasteiger partial charge in [-0.25, -0.2) is 4.98 Å². The van der Waals surface area contributed by atoms with Crippen molar-refractivity contribution in [3.05, 3.63) is 77.6 Å². The molecule has 1 amide bonds. The Morgan fingerprint density at radius 1 is 1.00 bits per heavy atom. The molecule has 4 aromatic rings. The highest BCUT2D eigenvalue weighted by molar-refractivity contribution is 6.31. The monoisotopic (exact) mass is 417 g/mol. The van der Waals surface area contributed by atoms with E-state index in [1.165, 1.54) is 0 Å². The second kappa shape index (κ2) is 7.65.